The molecule has 4 aromatic rings. The van der Waals surface area contributed by atoms with Crippen molar-refractivity contribution < 1.29 is 9.53 Å². The molecule has 0 unspecified atom stereocenters. The van der Waals surface area contributed by atoms with Crippen LogP contribution in [0.3, 0.4) is 0 Å². The number of fused-ring (bicyclic) bond motifs is 1. The largest absolute Gasteiger partial charge is 0.422 e. The van der Waals surface area contributed by atoms with Gasteiger partial charge in [0.15, 0.2) is 0 Å². The van der Waals surface area contributed by atoms with E-state index in [9.17, 15) is 4.79 Å². The van der Waals surface area contributed by atoms with Gasteiger partial charge in [0, 0.05) is 18.2 Å². The first-order chi connectivity index (χ1) is 14.3. The highest BCUT2D eigenvalue weighted by molar-refractivity contribution is 5.95. The lowest BCUT2D eigenvalue weighted by Gasteiger charge is -2.11. The van der Waals surface area contributed by atoms with Crippen LogP contribution in [0.25, 0.3) is 22.9 Å². The average Bonchev–Trinajstić information content (AvgIpc) is 3.12. The molecule has 0 atom stereocenters. The molecule has 1 aromatic heterocycles. The maximum Gasteiger partial charge on any atom is 0.343 e. The quantitative estimate of drug-likeness (QED) is 0.313. The van der Waals surface area contributed by atoms with Crippen LogP contribution >= 0.6 is 0 Å². The summed E-state index contributed by atoms with van der Waals surface area (Å²) in [5.74, 6) is 0.860. The average molecular weight is 382 g/mol. The SMILES string of the molecule is CCCn1c(C=C(OC(=O)c2ccccc2)c2ccccc2)nc2ccccc21. The van der Waals surface area contributed by atoms with Crippen LogP contribution in [-0.4, -0.2) is 15.5 Å². The Kier molecular flexibility index (Phi) is 5.52. The minimum atomic E-state index is -0.390. The van der Waals surface area contributed by atoms with Crippen LogP contribution in [-0.2, 0) is 11.3 Å². The predicted octanol–water partition coefficient (Wildman–Crippen LogP) is 5.80. The van der Waals surface area contributed by atoms with E-state index in [2.05, 4.69) is 17.6 Å². The third-order valence-electron chi connectivity index (χ3n) is 4.66. The molecule has 0 aliphatic rings. The van der Waals surface area contributed by atoms with Crippen molar-refractivity contribution in [2.75, 3.05) is 0 Å². The van der Waals surface area contributed by atoms with E-state index >= 15 is 0 Å². The summed E-state index contributed by atoms with van der Waals surface area (Å²) in [7, 11) is 0. The van der Waals surface area contributed by atoms with E-state index in [0.29, 0.717) is 11.3 Å². The number of rotatable bonds is 6. The predicted molar refractivity (Wildman–Crippen MR) is 116 cm³/mol. The summed E-state index contributed by atoms with van der Waals surface area (Å²) in [5, 5.41) is 0. The van der Waals surface area contributed by atoms with Crippen molar-refractivity contribution in [1.82, 2.24) is 9.55 Å². The second-order valence-corrected chi connectivity index (χ2v) is 6.74. The van der Waals surface area contributed by atoms with Gasteiger partial charge in [0.05, 0.1) is 16.6 Å². The molecular weight excluding hydrogens is 360 g/mol. The number of benzene rings is 3. The number of esters is 1. The van der Waals surface area contributed by atoms with Crippen LogP contribution in [0.1, 0.15) is 35.1 Å². The minimum absolute atomic E-state index is 0.390. The fraction of sp³-hybridized carbons (Fsp3) is 0.120. The molecule has 4 nitrogen and oxygen atoms in total. The van der Waals surface area contributed by atoms with E-state index in [1.54, 1.807) is 12.1 Å². The molecule has 4 rings (SSSR count). The van der Waals surface area contributed by atoms with Crippen molar-refractivity contribution in [3.05, 3.63) is 102 Å². The van der Waals surface area contributed by atoms with E-state index in [0.717, 1.165) is 35.4 Å². The van der Waals surface area contributed by atoms with Gasteiger partial charge in [-0.2, -0.15) is 0 Å². The first-order valence-corrected chi connectivity index (χ1v) is 9.76. The van der Waals surface area contributed by atoms with Crippen molar-refractivity contribution in [3.63, 3.8) is 0 Å². The number of para-hydroxylation sites is 2. The maximum absolute atomic E-state index is 12.7. The van der Waals surface area contributed by atoms with E-state index in [4.69, 9.17) is 9.72 Å². The monoisotopic (exact) mass is 382 g/mol. The smallest absolute Gasteiger partial charge is 0.343 e. The van der Waals surface area contributed by atoms with E-state index in [1.807, 2.05) is 72.8 Å². The van der Waals surface area contributed by atoms with Gasteiger partial charge in [0.1, 0.15) is 11.6 Å². The maximum atomic E-state index is 12.7. The number of carbonyl (C=O) groups excluding carboxylic acids is 1. The summed E-state index contributed by atoms with van der Waals surface area (Å²) in [6, 6.07) is 26.7. The molecule has 0 aliphatic carbocycles. The number of imidazole rings is 1. The zero-order valence-electron chi connectivity index (χ0n) is 16.3. The van der Waals surface area contributed by atoms with Crippen LogP contribution in [0.15, 0.2) is 84.9 Å². The highest BCUT2D eigenvalue weighted by atomic mass is 16.5. The van der Waals surface area contributed by atoms with Crippen LogP contribution in [0.4, 0.5) is 0 Å². The Hall–Kier alpha value is -3.66. The molecule has 0 N–H and O–H groups in total. The Balaban J connectivity index is 1.79. The molecule has 0 bridgehead atoms. The fourth-order valence-electron chi connectivity index (χ4n) is 3.29. The number of aromatic nitrogens is 2. The fourth-order valence-corrected chi connectivity index (χ4v) is 3.29. The topological polar surface area (TPSA) is 44.1 Å². The summed E-state index contributed by atoms with van der Waals surface area (Å²) in [4.78, 5) is 17.5. The molecular formula is C25H22N2O2. The molecule has 0 radical (unpaired) electrons. The minimum Gasteiger partial charge on any atom is -0.422 e. The third-order valence-corrected chi connectivity index (χ3v) is 4.66. The van der Waals surface area contributed by atoms with E-state index in [-0.39, 0.29) is 5.97 Å². The van der Waals surface area contributed by atoms with Gasteiger partial charge >= 0.3 is 5.97 Å². The summed E-state index contributed by atoms with van der Waals surface area (Å²) < 4.78 is 7.99. The normalized spacial score (nSPS) is 11.6. The van der Waals surface area contributed by atoms with Crippen LogP contribution in [0.5, 0.6) is 0 Å². The van der Waals surface area contributed by atoms with Gasteiger partial charge in [0.2, 0.25) is 0 Å². The van der Waals surface area contributed by atoms with Crippen molar-refractivity contribution in [3.8, 4) is 0 Å². The number of nitrogens with zero attached hydrogens (tertiary/aromatic N) is 2. The number of ether oxygens (including phenoxy) is 1. The summed E-state index contributed by atoms with van der Waals surface area (Å²) in [6.07, 6.45) is 2.83. The third kappa shape index (κ3) is 4.11. The molecule has 0 amide bonds. The number of hydrogen-bond acceptors (Lipinski definition) is 3. The Morgan fingerprint density at radius 3 is 2.21 bits per heavy atom. The van der Waals surface area contributed by atoms with E-state index in [1.165, 1.54) is 0 Å². The van der Waals surface area contributed by atoms with Gasteiger partial charge in [0.25, 0.3) is 0 Å². The first kappa shape index (κ1) is 18.7. The zero-order chi connectivity index (χ0) is 20.1. The second kappa shape index (κ2) is 8.57. The summed E-state index contributed by atoms with van der Waals surface area (Å²) in [5.41, 5.74) is 3.33. The van der Waals surface area contributed by atoms with Gasteiger partial charge < -0.3 is 9.30 Å². The number of hydrogen-bond donors (Lipinski definition) is 0. The van der Waals surface area contributed by atoms with Crippen molar-refractivity contribution in [1.29, 1.82) is 0 Å². The molecule has 3 aromatic carbocycles. The molecule has 29 heavy (non-hydrogen) atoms. The lowest BCUT2D eigenvalue weighted by molar-refractivity contribution is 0.0693. The van der Waals surface area contributed by atoms with Gasteiger partial charge in [-0.3, -0.25) is 0 Å². The Bertz CT molecular complexity index is 1150. The second-order valence-electron chi connectivity index (χ2n) is 6.74. The Labute approximate surface area is 170 Å². The molecule has 1 heterocycles. The van der Waals surface area contributed by atoms with Crippen molar-refractivity contribution in [2.45, 2.75) is 19.9 Å². The number of carbonyl (C=O) groups is 1. The first-order valence-electron chi connectivity index (χ1n) is 9.76. The van der Waals surface area contributed by atoms with E-state index < -0.39 is 0 Å². The molecule has 0 fully saturated rings. The molecule has 0 saturated carbocycles. The summed E-state index contributed by atoms with van der Waals surface area (Å²) in [6.45, 7) is 2.97. The molecule has 0 spiro atoms. The standard InChI is InChI=1S/C25H22N2O2/c1-2-17-27-22-16-10-9-15-21(22)26-24(27)18-23(19-11-5-3-6-12-19)29-25(28)20-13-7-4-8-14-20/h3-16,18H,2,17H2,1H3. The van der Waals surface area contributed by atoms with Gasteiger partial charge in [-0.1, -0.05) is 67.6 Å². The van der Waals surface area contributed by atoms with Crippen molar-refractivity contribution >= 4 is 28.8 Å². The van der Waals surface area contributed by atoms with Crippen LogP contribution < -0.4 is 0 Å². The highest BCUT2D eigenvalue weighted by Crippen LogP contribution is 2.24. The summed E-state index contributed by atoms with van der Waals surface area (Å²) >= 11 is 0. The highest BCUT2D eigenvalue weighted by Gasteiger charge is 2.15. The van der Waals surface area contributed by atoms with Crippen LogP contribution in [0, 0.1) is 0 Å². The Morgan fingerprint density at radius 1 is 0.897 bits per heavy atom. The lowest BCUT2D eigenvalue weighted by atomic mass is 10.1. The molecule has 144 valence electrons. The van der Waals surface area contributed by atoms with Crippen molar-refractivity contribution in [2.24, 2.45) is 0 Å². The van der Waals surface area contributed by atoms with Gasteiger partial charge in [-0.25, -0.2) is 9.78 Å². The van der Waals surface area contributed by atoms with Gasteiger partial charge in [-0.05, 0) is 30.7 Å². The number of aryl methyl sites for hydroxylation is 1. The molecule has 4 heteroatoms. The van der Waals surface area contributed by atoms with Gasteiger partial charge in [-0.15, -0.1) is 0 Å². The Morgan fingerprint density at radius 2 is 1.52 bits per heavy atom. The molecule has 0 aliphatic heterocycles. The zero-order valence-corrected chi connectivity index (χ0v) is 16.3. The molecule has 0 saturated heterocycles. The lowest BCUT2D eigenvalue weighted by Crippen LogP contribution is -2.06. The van der Waals surface area contributed by atoms with Crippen LogP contribution in [0.2, 0.25) is 0 Å².